The summed E-state index contributed by atoms with van der Waals surface area (Å²) in [6.07, 6.45) is 1.72. The summed E-state index contributed by atoms with van der Waals surface area (Å²) in [5.74, 6) is -0.983. The van der Waals surface area contributed by atoms with E-state index in [1.165, 1.54) is 9.91 Å². The Morgan fingerprint density at radius 1 is 0.942 bits per heavy atom. The van der Waals surface area contributed by atoms with E-state index >= 15 is 0 Å². The highest BCUT2D eigenvalue weighted by Gasteiger charge is 2.34. The van der Waals surface area contributed by atoms with Gasteiger partial charge in [0.05, 0.1) is 24.3 Å². The van der Waals surface area contributed by atoms with E-state index in [-0.39, 0.29) is 44.5 Å². The molecule has 4 amide bonds. The van der Waals surface area contributed by atoms with E-state index in [4.69, 9.17) is 10.5 Å². The number of aliphatic hydroxyl groups is 1. The number of hydrogen-bond acceptors (Lipinski definition) is 8. The van der Waals surface area contributed by atoms with Crippen LogP contribution in [0.4, 0.5) is 10.5 Å². The average Bonchev–Trinajstić information content (AvgIpc) is 3.55. The van der Waals surface area contributed by atoms with Crippen molar-refractivity contribution in [2.75, 3.05) is 18.1 Å². The predicted octanol–water partition coefficient (Wildman–Crippen LogP) is 5.41. The molecule has 0 fully saturated rings. The Morgan fingerprint density at radius 3 is 2.33 bits per heavy atom. The Labute approximate surface area is 306 Å². The third kappa shape index (κ3) is 11.3. The van der Waals surface area contributed by atoms with Gasteiger partial charge in [-0.25, -0.2) is 4.79 Å². The number of nitrogens with one attached hydrogen (secondary N) is 2. The molecule has 1 heterocycles. The summed E-state index contributed by atoms with van der Waals surface area (Å²) in [6, 6.07) is 20.9. The molecule has 12 nitrogen and oxygen atoms in total. The number of carbonyl (C=O) groups is 4. The fourth-order valence-corrected chi connectivity index (χ4v) is 5.89. The normalized spacial score (nSPS) is 15.1. The molecule has 4 atom stereocenters. The molecule has 3 aromatic carbocycles. The Balaban J connectivity index is 1.65. The number of anilines is 1. The predicted molar refractivity (Wildman–Crippen MR) is 202 cm³/mol. The molecular weight excluding hydrogens is 660 g/mol. The van der Waals surface area contributed by atoms with Crippen LogP contribution in [0.1, 0.15) is 72.3 Å². The van der Waals surface area contributed by atoms with Crippen molar-refractivity contribution in [1.82, 2.24) is 20.7 Å². The first-order chi connectivity index (χ1) is 24.9. The molecule has 0 saturated carbocycles. The first kappa shape index (κ1) is 39.8. The number of carbonyl (C=O) groups excluding carboxylic acids is 4. The molecule has 1 aliphatic rings. The van der Waals surface area contributed by atoms with E-state index in [1.807, 2.05) is 91.5 Å². The number of nitrogens with two attached hydrogens (primary N) is 1. The molecule has 1 aliphatic heterocycles. The first-order valence-corrected chi connectivity index (χ1v) is 18.1. The second-order valence-electron chi connectivity index (χ2n) is 14.1. The zero-order valence-corrected chi connectivity index (χ0v) is 31.0. The topological polar surface area (TPSA) is 158 Å². The van der Waals surface area contributed by atoms with Crippen molar-refractivity contribution >= 4 is 40.3 Å². The van der Waals surface area contributed by atoms with Crippen molar-refractivity contribution in [3.63, 3.8) is 0 Å². The van der Waals surface area contributed by atoms with Crippen LogP contribution in [0.2, 0.25) is 0 Å². The third-order valence-electron chi connectivity index (χ3n) is 9.13. The lowest BCUT2D eigenvalue weighted by molar-refractivity contribution is -0.144. The van der Waals surface area contributed by atoms with Gasteiger partial charge in [-0.15, -0.1) is 0 Å². The molecule has 0 saturated heterocycles. The molecule has 1 unspecified atom stereocenters. The monoisotopic (exact) mass is 714 g/mol. The molecule has 0 radical (unpaired) electrons. The van der Waals surface area contributed by atoms with Gasteiger partial charge in [0.2, 0.25) is 11.8 Å². The van der Waals surface area contributed by atoms with E-state index in [0.717, 1.165) is 34.9 Å². The summed E-state index contributed by atoms with van der Waals surface area (Å²) >= 11 is 0. The van der Waals surface area contributed by atoms with Crippen LogP contribution in [0.15, 0.2) is 84.7 Å². The zero-order chi connectivity index (χ0) is 37.8. The minimum atomic E-state index is -1.23. The number of hydrogen-bond donors (Lipinski definition) is 4. The average molecular weight is 715 g/mol. The largest absolute Gasteiger partial charge is 0.445 e. The lowest BCUT2D eigenvalue weighted by Crippen LogP contribution is -2.55. The van der Waals surface area contributed by atoms with Crippen LogP contribution in [0.5, 0.6) is 0 Å². The van der Waals surface area contributed by atoms with Gasteiger partial charge in [0, 0.05) is 30.2 Å². The standard InChI is InChI=1S/C40H54N6O6/c1-6-28(4)23-46(37(48)22-33(47)20-19-27(2)3)43-38(49)35(42-40(51)52-25-30-13-8-7-9-14-30)21-32-24-44(39(50)29(5)41)26-45(32)36-18-12-16-31-15-10-11-17-34(31)36/h7-18,24,27-29,33,35,47H,6,19-23,25-26,41H2,1-5H3,(H,42,51)(H,43,49)/t28?,29-,33-,35-/m0/s1. The van der Waals surface area contributed by atoms with E-state index < -0.39 is 36.1 Å². The number of amides is 4. The van der Waals surface area contributed by atoms with Crippen LogP contribution >= 0.6 is 0 Å². The van der Waals surface area contributed by atoms with Gasteiger partial charge in [-0.2, -0.15) is 0 Å². The smallest absolute Gasteiger partial charge is 0.408 e. The van der Waals surface area contributed by atoms with Crippen LogP contribution < -0.4 is 21.4 Å². The number of alkyl carbamates (subject to hydrolysis) is 1. The van der Waals surface area contributed by atoms with Crippen LogP contribution in [-0.2, 0) is 25.7 Å². The van der Waals surface area contributed by atoms with Crippen molar-refractivity contribution in [1.29, 1.82) is 0 Å². The van der Waals surface area contributed by atoms with Crippen LogP contribution in [-0.4, -0.2) is 70.2 Å². The van der Waals surface area contributed by atoms with E-state index in [9.17, 15) is 24.3 Å². The van der Waals surface area contributed by atoms with E-state index in [0.29, 0.717) is 18.0 Å². The Hall–Kier alpha value is -4.94. The summed E-state index contributed by atoms with van der Waals surface area (Å²) in [5, 5.41) is 16.5. The van der Waals surface area contributed by atoms with Gasteiger partial charge in [0.15, 0.2) is 0 Å². The lowest BCUT2D eigenvalue weighted by atomic mass is 10.0. The van der Waals surface area contributed by atoms with Gasteiger partial charge in [0.1, 0.15) is 19.3 Å². The molecule has 0 aromatic heterocycles. The minimum Gasteiger partial charge on any atom is -0.445 e. The van der Waals surface area contributed by atoms with E-state index in [2.05, 4.69) is 24.6 Å². The number of ether oxygens (including phenoxy) is 1. The van der Waals surface area contributed by atoms with Gasteiger partial charge in [-0.3, -0.25) is 29.7 Å². The summed E-state index contributed by atoms with van der Waals surface area (Å²) in [4.78, 5) is 57.6. The van der Waals surface area contributed by atoms with Crippen molar-refractivity contribution in [3.8, 4) is 0 Å². The molecular formula is C40H54N6O6. The molecule has 3 aromatic rings. The van der Waals surface area contributed by atoms with Crippen molar-refractivity contribution in [3.05, 3.63) is 90.3 Å². The second-order valence-corrected chi connectivity index (χ2v) is 14.1. The molecule has 0 aliphatic carbocycles. The lowest BCUT2D eigenvalue weighted by Gasteiger charge is -2.30. The highest BCUT2D eigenvalue weighted by Crippen LogP contribution is 2.34. The fraction of sp³-hybridized carbons (Fsp3) is 0.450. The molecule has 52 heavy (non-hydrogen) atoms. The van der Waals surface area contributed by atoms with Gasteiger partial charge in [-0.1, -0.05) is 101 Å². The van der Waals surface area contributed by atoms with Crippen LogP contribution in [0.25, 0.3) is 10.8 Å². The fourth-order valence-electron chi connectivity index (χ4n) is 5.89. The minimum absolute atomic E-state index is 0.0185. The van der Waals surface area contributed by atoms with Gasteiger partial charge in [0.25, 0.3) is 5.91 Å². The third-order valence-corrected chi connectivity index (χ3v) is 9.13. The maximum Gasteiger partial charge on any atom is 0.408 e. The molecule has 0 spiro atoms. The SMILES string of the molecule is CCC(C)CN(NC(=O)[C@H](CC1=CN(C(=O)[C@H](C)N)CN1c1cccc2ccccc12)NC(=O)OCc1ccccc1)C(=O)C[C@@H](O)CCC(C)C. The van der Waals surface area contributed by atoms with Crippen molar-refractivity contribution in [2.24, 2.45) is 17.6 Å². The highest BCUT2D eigenvalue weighted by molar-refractivity contribution is 5.96. The zero-order valence-electron chi connectivity index (χ0n) is 31.0. The highest BCUT2D eigenvalue weighted by atomic mass is 16.5. The summed E-state index contributed by atoms with van der Waals surface area (Å²) in [6.45, 7) is 10.0. The summed E-state index contributed by atoms with van der Waals surface area (Å²) in [7, 11) is 0. The number of benzene rings is 3. The molecule has 4 rings (SSSR count). The molecule has 280 valence electrons. The van der Waals surface area contributed by atoms with Crippen LogP contribution in [0.3, 0.4) is 0 Å². The maximum absolute atomic E-state index is 14.2. The van der Waals surface area contributed by atoms with Crippen molar-refractivity contribution < 1.29 is 29.0 Å². The Morgan fingerprint density at radius 2 is 1.63 bits per heavy atom. The number of hydrazine groups is 1. The Bertz CT molecular complexity index is 1690. The maximum atomic E-state index is 14.2. The van der Waals surface area contributed by atoms with Crippen LogP contribution in [0, 0.1) is 11.8 Å². The van der Waals surface area contributed by atoms with E-state index in [1.54, 1.807) is 13.1 Å². The summed E-state index contributed by atoms with van der Waals surface area (Å²) < 4.78 is 5.51. The molecule has 12 heteroatoms. The number of fused-ring (bicyclic) bond motifs is 1. The number of aliphatic hydroxyl groups excluding tert-OH is 1. The quantitative estimate of drug-likeness (QED) is 0.144. The Kier molecular flexibility index (Phi) is 14.6. The molecule has 5 N–H and O–H groups in total. The number of nitrogens with zero attached hydrogens (tertiary/aromatic N) is 3. The summed E-state index contributed by atoms with van der Waals surface area (Å²) in [5.41, 5.74) is 10.9. The first-order valence-electron chi connectivity index (χ1n) is 18.1. The van der Waals surface area contributed by atoms with Gasteiger partial charge < -0.3 is 25.8 Å². The molecule has 0 bridgehead atoms. The van der Waals surface area contributed by atoms with Gasteiger partial charge in [-0.05, 0) is 48.6 Å². The van der Waals surface area contributed by atoms with Crippen molar-refractivity contribution in [2.45, 2.75) is 91.5 Å². The van der Waals surface area contributed by atoms with Gasteiger partial charge >= 0.3 is 6.09 Å². The second kappa shape index (κ2) is 19.1. The number of rotatable bonds is 16.